The van der Waals surface area contributed by atoms with E-state index in [1.165, 1.54) is 16.7 Å². The van der Waals surface area contributed by atoms with Crippen LogP contribution in [0.1, 0.15) is 64.3 Å². The van der Waals surface area contributed by atoms with E-state index in [9.17, 15) is 0 Å². The maximum atomic E-state index is 6.52. The number of benzene rings is 1. The molecule has 2 N–H and O–H groups in total. The Morgan fingerprint density at radius 2 is 1.24 bits per heavy atom. The highest BCUT2D eigenvalue weighted by Crippen LogP contribution is 2.34. The van der Waals surface area contributed by atoms with Crippen molar-refractivity contribution in [2.45, 2.75) is 58.4 Å². The molecule has 0 spiro atoms. The summed E-state index contributed by atoms with van der Waals surface area (Å²) < 4.78 is 0. The molecule has 1 aliphatic rings. The van der Waals surface area contributed by atoms with Gasteiger partial charge in [-0.1, -0.05) is 84.0 Å². The molecule has 2 rings (SSSR count). The van der Waals surface area contributed by atoms with Crippen molar-refractivity contribution < 1.29 is 0 Å². The molecule has 1 heteroatoms. The lowest BCUT2D eigenvalue weighted by molar-refractivity contribution is 0.558. The number of rotatable bonds is 2. The van der Waals surface area contributed by atoms with E-state index >= 15 is 0 Å². The summed E-state index contributed by atoms with van der Waals surface area (Å²) in [6.07, 6.45) is 8.54. The first-order valence-electron chi connectivity index (χ1n) is 7.85. The van der Waals surface area contributed by atoms with Gasteiger partial charge in [-0.2, -0.15) is 0 Å². The van der Waals surface area contributed by atoms with E-state index in [1.54, 1.807) is 0 Å². The largest absolute Gasteiger partial charge is 0.323 e. The Kier molecular flexibility index (Phi) is 4.17. The van der Waals surface area contributed by atoms with Gasteiger partial charge in [-0.3, -0.25) is 0 Å². The molecule has 1 aromatic rings. The Bertz CT molecular complexity index is 520. The summed E-state index contributed by atoms with van der Waals surface area (Å²) in [6.45, 7) is 13.6. The van der Waals surface area contributed by atoms with Gasteiger partial charge in [0.1, 0.15) is 0 Å². The lowest BCUT2D eigenvalue weighted by Crippen LogP contribution is -2.22. The minimum atomic E-state index is 0.0309. The van der Waals surface area contributed by atoms with Crippen LogP contribution in [0.2, 0.25) is 0 Å². The van der Waals surface area contributed by atoms with Crippen LogP contribution in [0.5, 0.6) is 0 Å². The molecule has 0 fully saturated rings. The van der Waals surface area contributed by atoms with E-state index < -0.39 is 0 Å². The highest BCUT2D eigenvalue weighted by molar-refractivity contribution is 5.40. The molecule has 0 aromatic heterocycles. The number of hydrogen-bond acceptors (Lipinski definition) is 1. The monoisotopic (exact) mass is 283 g/mol. The summed E-state index contributed by atoms with van der Waals surface area (Å²) in [4.78, 5) is 0. The molecule has 1 nitrogen and oxygen atoms in total. The van der Waals surface area contributed by atoms with E-state index in [0.717, 1.165) is 0 Å². The third-order valence-electron chi connectivity index (χ3n) is 4.26. The quantitative estimate of drug-likeness (QED) is 0.810. The van der Waals surface area contributed by atoms with E-state index in [-0.39, 0.29) is 16.9 Å². The predicted molar refractivity (Wildman–Crippen MR) is 92.5 cm³/mol. The minimum Gasteiger partial charge on any atom is -0.323 e. The van der Waals surface area contributed by atoms with E-state index in [4.69, 9.17) is 5.73 Å². The van der Waals surface area contributed by atoms with Crippen molar-refractivity contribution in [3.63, 3.8) is 0 Å². The van der Waals surface area contributed by atoms with Gasteiger partial charge >= 0.3 is 0 Å². The number of hydrogen-bond donors (Lipinski definition) is 1. The van der Waals surface area contributed by atoms with Crippen molar-refractivity contribution in [1.29, 1.82) is 0 Å². The number of nitrogens with two attached hydrogens (primary N) is 1. The van der Waals surface area contributed by atoms with Crippen LogP contribution < -0.4 is 5.73 Å². The van der Waals surface area contributed by atoms with Gasteiger partial charge in [-0.05, 0) is 27.5 Å². The second-order valence-electron chi connectivity index (χ2n) is 8.22. The van der Waals surface area contributed by atoms with E-state index in [2.05, 4.69) is 84.0 Å². The molecule has 0 unspecified atom stereocenters. The Balaban J connectivity index is 2.49. The summed E-state index contributed by atoms with van der Waals surface area (Å²) in [5.41, 5.74) is 10.8. The molecular formula is C20H29N. The average Bonchev–Trinajstić information content (AvgIpc) is 2.89. The SMILES string of the molecule is CC(C)(C)c1cc([C@@H](N)C2C=CC=C2)cc(C(C)(C)C)c1. The summed E-state index contributed by atoms with van der Waals surface area (Å²) in [5.74, 6) is 0.313. The van der Waals surface area contributed by atoms with E-state index in [1.807, 2.05) is 0 Å². The molecule has 1 aliphatic carbocycles. The zero-order valence-corrected chi connectivity index (χ0v) is 14.3. The van der Waals surface area contributed by atoms with Gasteiger partial charge in [0.2, 0.25) is 0 Å². The standard InChI is InChI=1S/C20H29N/c1-19(2,3)16-11-15(12-17(13-16)20(4,5)6)18(21)14-9-7-8-10-14/h7-14,18H,21H2,1-6H3/t18-/m0/s1. The van der Waals surface area contributed by atoms with Crippen LogP contribution in [-0.4, -0.2) is 0 Å². The Labute approximate surface area is 129 Å². The summed E-state index contributed by atoms with van der Waals surface area (Å²) in [5, 5.41) is 0. The van der Waals surface area contributed by atoms with E-state index in [0.29, 0.717) is 5.92 Å². The summed E-state index contributed by atoms with van der Waals surface area (Å²) in [6, 6.07) is 6.96. The maximum Gasteiger partial charge on any atom is 0.0394 e. The molecule has 0 radical (unpaired) electrons. The third-order valence-corrected chi connectivity index (χ3v) is 4.26. The Morgan fingerprint density at radius 3 is 1.62 bits per heavy atom. The van der Waals surface area contributed by atoms with Gasteiger partial charge in [0, 0.05) is 12.0 Å². The molecule has 0 saturated heterocycles. The van der Waals surface area contributed by atoms with Crippen LogP contribution in [0.4, 0.5) is 0 Å². The van der Waals surface area contributed by atoms with Gasteiger partial charge in [0.05, 0.1) is 0 Å². The number of allylic oxidation sites excluding steroid dienone is 2. The first kappa shape index (κ1) is 16.0. The van der Waals surface area contributed by atoms with Crippen LogP contribution in [0, 0.1) is 5.92 Å². The van der Waals surface area contributed by atoms with Gasteiger partial charge in [0.15, 0.2) is 0 Å². The summed E-state index contributed by atoms with van der Waals surface area (Å²) >= 11 is 0. The minimum absolute atomic E-state index is 0.0309. The van der Waals surface area contributed by atoms with Gasteiger partial charge in [-0.15, -0.1) is 0 Å². The molecule has 1 atom stereocenters. The van der Waals surface area contributed by atoms with Gasteiger partial charge in [0.25, 0.3) is 0 Å². The van der Waals surface area contributed by atoms with Crippen molar-refractivity contribution in [3.05, 3.63) is 59.2 Å². The van der Waals surface area contributed by atoms with Crippen LogP contribution in [0.25, 0.3) is 0 Å². The lowest BCUT2D eigenvalue weighted by Gasteiger charge is -2.28. The molecule has 0 aliphatic heterocycles. The molecule has 0 amide bonds. The smallest absolute Gasteiger partial charge is 0.0394 e. The van der Waals surface area contributed by atoms with Crippen LogP contribution in [0.15, 0.2) is 42.5 Å². The second-order valence-corrected chi connectivity index (χ2v) is 8.22. The molecule has 21 heavy (non-hydrogen) atoms. The van der Waals surface area contributed by atoms with Crippen molar-refractivity contribution in [1.82, 2.24) is 0 Å². The van der Waals surface area contributed by atoms with Crippen molar-refractivity contribution in [2.75, 3.05) is 0 Å². The topological polar surface area (TPSA) is 26.0 Å². The zero-order chi connectivity index (χ0) is 15.8. The van der Waals surface area contributed by atoms with Crippen molar-refractivity contribution >= 4 is 0 Å². The molecule has 0 heterocycles. The van der Waals surface area contributed by atoms with Crippen LogP contribution in [0.3, 0.4) is 0 Å². The van der Waals surface area contributed by atoms with Gasteiger partial charge in [-0.25, -0.2) is 0 Å². The van der Waals surface area contributed by atoms with Crippen molar-refractivity contribution in [2.24, 2.45) is 11.7 Å². The molecule has 0 saturated carbocycles. The average molecular weight is 283 g/mol. The Morgan fingerprint density at radius 1 is 0.810 bits per heavy atom. The fourth-order valence-corrected chi connectivity index (χ4v) is 2.62. The summed E-state index contributed by atoms with van der Waals surface area (Å²) in [7, 11) is 0. The fourth-order valence-electron chi connectivity index (χ4n) is 2.62. The molecule has 114 valence electrons. The molecule has 1 aromatic carbocycles. The maximum absolute atomic E-state index is 6.52. The first-order chi connectivity index (χ1) is 9.59. The highest BCUT2D eigenvalue weighted by atomic mass is 14.6. The zero-order valence-electron chi connectivity index (χ0n) is 14.3. The van der Waals surface area contributed by atoms with Gasteiger partial charge < -0.3 is 5.73 Å². The molecule has 0 bridgehead atoms. The first-order valence-corrected chi connectivity index (χ1v) is 7.85. The fraction of sp³-hybridized carbons (Fsp3) is 0.500. The highest BCUT2D eigenvalue weighted by Gasteiger charge is 2.24. The van der Waals surface area contributed by atoms with Crippen molar-refractivity contribution in [3.8, 4) is 0 Å². The normalized spacial score (nSPS) is 17.5. The second kappa shape index (κ2) is 5.46. The predicted octanol–water partition coefficient (Wildman–Crippen LogP) is 5.02. The molecular weight excluding hydrogens is 254 g/mol. The Hall–Kier alpha value is -1.34. The van der Waals surface area contributed by atoms with Crippen LogP contribution >= 0.6 is 0 Å². The third kappa shape index (κ3) is 3.65. The van der Waals surface area contributed by atoms with Crippen LogP contribution in [-0.2, 0) is 10.8 Å². The lowest BCUT2D eigenvalue weighted by atomic mass is 9.78.